The van der Waals surface area contributed by atoms with Crippen LogP contribution in [0, 0.1) is 0 Å². The van der Waals surface area contributed by atoms with Crippen LogP contribution in [-0.4, -0.2) is 25.8 Å². The maximum Gasteiger partial charge on any atom is 0.218 e. The predicted molar refractivity (Wildman–Crippen MR) is 71.2 cm³/mol. The SMILES string of the molecule is CCCCN(CC)S(=O)(=O)Cc1ccccc1. The van der Waals surface area contributed by atoms with Gasteiger partial charge in [-0.25, -0.2) is 12.7 Å². The minimum atomic E-state index is -3.16. The summed E-state index contributed by atoms with van der Waals surface area (Å²) < 4.78 is 25.9. The van der Waals surface area contributed by atoms with Gasteiger partial charge in [0.1, 0.15) is 0 Å². The van der Waals surface area contributed by atoms with Crippen LogP contribution in [0.2, 0.25) is 0 Å². The summed E-state index contributed by atoms with van der Waals surface area (Å²) in [6, 6.07) is 9.33. The van der Waals surface area contributed by atoms with Gasteiger partial charge in [-0.05, 0) is 12.0 Å². The Labute approximate surface area is 105 Å². The average molecular weight is 255 g/mol. The highest BCUT2D eigenvalue weighted by atomic mass is 32.2. The first-order valence-corrected chi connectivity index (χ1v) is 7.72. The highest BCUT2D eigenvalue weighted by molar-refractivity contribution is 7.88. The lowest BCUT2D eigenvalue weighted by Crippen LogP contribution is -2.32. The summed E-state index contributed by atoms with van der Waals surface area (Å²) in [6.07, 6.45) is 1.93. The molecule has 0 saturated carbocycles. The van der Waals surface area contributed by atoms with Gasteiger partial charge in [-0.2, -0.15) is 0 Å². The summed E-state index contributed by atoms with van der Waals surface area (Å²) in [5.74, 6) is 0.103. The summed E-state index contributed by atoms with van der Waals surface area (Å²) in [7, 11) is -3.16. The molecule has 96 valence electrons. The van der Waals surface area contributed by atoms with Crippen molar-refractivity contribution in [2.45, 2.75) is 32.4 Å². The number of sulfonamides is 1. The Kier molecular flexibility index (Phi) is 5.65. The smallest absolute Gasteiger partial charge is 0.212 e. The van der Waals surface area contributed by atoms with Crippen molar-refractivity contribution in [3.63, 3.8) is 0 Å². The third-order valence-electron chi connectivity index (χ3n) is 2.70. The molecule has 0 spiro atoms. The maximum absolute atomic E-state index is 12.2. The Morgan fingerprint density at radius 1 is 1.12 bits per heavy atom. The van der Waals surface area contributed by atoms with E-state index >= 15 is 0 Å². The minimum Gasteiger partial charge on any atom is -0.212 e. The topological polar surface area (TPSA) is 37.4 Å². The molecule has 0 aliphatic heterocycles. The van der Waals surface area contributed by atoms with Gasteiger partial charge in [-0.1, -0.05) is 50.6 Å². The van der Waals surface area contributed by atoms with Crippen LogP contribution in [0.3, 0.4) is 0 Å². The highest BCUT2D eigenvalue weighted by Gasteiger charge is 2.19. The molecule has 1 aromatic rings. The lowest BCUT2D eigenvalue weighted by atomic mass is 10.2. The zero-order valence-electron chi connectivity index (χ0n) is 10.6. The number of nitrogens with zero attached hydrogens (tertiary/aromatic N) is 1. The van der Waals surface area contributed by atoms with Gasteiger partial charge in [0.2, 0.25) is 10.0 Å². The molecule has 3 nitrogen and oxygen atoms in total. The van der Waals surface area contributed by atoms with Gasteiger partial charge in [-0.3, -0.25) is 0 Å². The number of hydrogen-bond acceptors (Lipinski definition) is 2. The molecular weight excluding hydrogens is 234 g/mol. The van der Waals surface area contributed by atoms with Gasteiger partial charge >= 0.3 is 0 Å². The minimum absolute atomic E-state index is 0.103. The molecule has 0 aromatic heterocycles. The van der Waals surface area contributed by atoms with Gasteiger partial charge in [0, 0.05) is 13.1 Å². The molecule has 0 bridgehead atoms. The van der Waals surface area contributed by atoms with Crippen molar-refractivity contribution in [1.29, 1.82) is 0 Å². The normalized spacial score (nSPS) is 11.9. The van der Waals surface area contributed by atoms with Crippen LogP contribution in [0.1, 0.15) is 32.3 Å². The molecule has 0 aliphatic carbocycles. The van der Waals surface area contributed by atoms with Crippen molar-refractivity contribution >= 4 is 10.0 Å². The fraction of sp³-hybridized carbons (Fsp3) is 0.538. The number of rotatable bonds is 7. The Bertz CT molecular complexity index is 414. The Morgan fingerprint density at radius 2 is 1.76 bits per heavy atom. The lowest BCUT2D eigenvalue weighted by molar-refractivity contribution is 0.418. The van der Waals surface area contributed by atoms with E-state index in [1.807, 2.05) is 37.3 Å². The van der Waals surface area contributed by atoms with E-state index in [-0.39, 0.29) is 5.75 Å². The van der Waals surface area contributed by atoms with Crippen molar-refractivity contribution in [3.05, 3.63) is 35.9 Å². The van der Waals surface area contributed by atoms with E-state index < -0.39 is 10.0 Å². The Balaban J connectivity index is 2.72. The predicted octanol–water partition coefficient (Wildman–Crippen LogP) is 2.64. The van der Waals surface area contributed by atoms with Crippen molar-refractivity contribution in [2.24, 2.45) is 0 Å². The van der Waals surface area contributed by atoms with Gasteiger partial charge in [0.15, 0.2) is 0 Å². The van der Waals surface area contributed by atoms with Crippen LogP contribution < -0.4 is 0 Å². The number of unbranched alkanes of at least 4 members (excludes halogenated alkanes) is 1. The van der Waals surface area contributed by atoms with Crippen LogP contribution in [-0.2, 0) is 15.8 Å². The molecule has 4 heteroatoms. The molecule has 0 N–H and O–H groups in total. The lowest BCUT2D eigenvalue weighted by Gasteiger charge is -2.20. The van der Waals surface area contributed by atoms with Crippen molar-refractivity contribution in [2.75, 3.05) is 13.1 Å². The first-order valence-electron chi connectivity index (χ1n) is 6.12. The third kappa shape index (κ3) is 4.48. The molecule has 0 aliphatic rings. The van der Waals surface area contributed by atoms with E-state index in [1.54, 1.807) is 4.31 Å². The first-order chi connectivity index (χ1) is 8.10. The molecule has 0 saturated heterocycles. The molecular formula is C13H21NO2S. The van der Waals surface area contributed by atoms with E-state index in [0.29, 0.717) is 13.1 Å². The first kappa shape index (κ1) is 14.2. The van der Waals surface area contributed by atoms with Crippen molar-refractivity contribution in [1.82, 2.24) is 4.31 Å². The van der Waals surface area contributed by atoms with Crippen LogP contribution >= 0.6 is 0 Å². The van der Waals surface area contributed by atoms with Gasteiger partial charge in [-0.15, -0.1) is 0 Å². The molecule has 0 amide bonds. The van der Waals surface area contributed by atoms with Crippen LogP contribution in [0.15, 0.2) is 30.3 Å². The van der Waals surface area contributed by atoms with E-state index in [4.69, 9.17) is 0 Å². The van der Waals surface area contributed by atoms with Gasteiger partial charge in [0.25, 0.3) is 0 Å². The summed E-state index contributed by atoms with van der Waals surface area (Å²) in [6.45, 7) is 5.13. The molecule has 0 heterocycles. The van der Waals surface area contributed by atoms with Crippen LogP contribution in [0.5, 0.6) is 0 Å². The zero-order chi connectivity index (χ0) is 12.7. The highest BCUT2D eigenvalue weighted by Crippen LogP contribution is 2.11. The van der Waals surface area contributed by atoms with Crippen LogP contribution in [0.4, 0.5) is 0 Å². The Hall–Kier alpha value is -0.870. The van der Waals surface area contributed by atoms with E-state index in [0.717, 1.165) is 18.4 Å². The van der Waals surface area contributed by atoms with Gasteiger partial charge in [0.05, 0.1) is 5.75 Å². The second-order valence-electron chi connectivity index (χ2n) is 4.09. The number of benzene rings is 1. The van der Waals surface area contributed by atoms with E-state index in [2.05, 4.69) is 6.92 Å². The fourth-order valence-electron chi connectivity index (χ4n) is 1.70. The molecule has 1 aromatic carbocycles. The second kappa shape index (κ2) is 6.77. The molecule has 0 atom stereocenters. The molecule has 0 fully saturated rings. The standard InChI is InChI=1S/C13H21NO2S/c1-3-5-11-14(4-2)17(15,16)12-13-9-7-6-8-10-13/h6-10H,3-5,11-12H2,1-2H3. The summed E-state index contributed by atoms with van der Waals surface area (Å²) in [5.41, 5.74) is 0.849. The summed E-state index contributed by atoms with van der Waals surface area (Å²) in [5, 5.41) is 0. The maximum atomic E-state index is 12.2. The monoisotopic (exact) mass is 255 g/mol. The largest absolute Gasteiger partial charge is 0.218 e. The van der Waals surface area contributed by atoms with E-state index in [9.17, 15) is 8.42 Å². The molecule has 0 unspecified atom stereocenters. The summed E-state index contributed by atoms with van der Waals surface area (Å²) >= 11 is 0. The molecule has 0 radical (unpaired) electrons. The molecule has 1 rings (SSSR count). The van der Waals surface area contributed by atoms with Gasteiger partial charge < -0.3 is 0 Å². The number of hydrogen-bond donors (Lipinski definition) is 0. The average Bonchev–Trinajstić information content (AvgIpc) is 2.30. The fourth-order valence-corrected chi connectivity index (χ4v) is 3.30. The van der Waals surface area contributed by atoms with Crippen molar-refractivity contribution < 1.29 is 8.42 Å². The quantitative estimate of drug-likeness (QED) is 0.751. The Morgan fingerprint density at radius 3 is 2.29 bits per heavy atom. The molecule has 17 heavy (non-hydrogen) atoms. The van der Waals surface area contributed by atoms with Crippen molar-refractivity contribution in [3.8, 4) is 0 Å². The van der Waals surface area contributed by atoms with E-state index in [1.165, 1.54) is 0 Å². The second-order valence-corrected chi connectivity index (χ2v) is 6.06. The summed E-state index contributed by atoms with van der Waals surface area (Å²) in [4.78, 5) is 0. The third-order valence-corrected chi connectivity index (χ3v) is 4.62. The zero-order valence-corrected chi connectivity index (χ0v) is 11.4. The van der Waals surface area contributed by atoms with Crippen LogP contribution in [0.25, 0.3) is 0 Å².